The number of aromatic hydroxyl groups is 1. The average molecular weight is 535 g/mol. The molecule has 39 heavy (non-hydrogen) atoms. The van der Waals surface area contributed by atoms with Crippen LogP contribution in [0.15, 0.2) is 72.9 Å². The highest BCUT2D eigenvalue weighted by molar-refractivity contribution is 5.97. The molecule has 4 rings (SSSR count). The molecule has 0 saturated carbocycles. The number of hydrogen-bond acceptors (Lipinski definition) is 6. The molecule has 4 N–H and O–H groups in total. The predicted octanol–water partition coefficient (Wildman–Crippen LogP) is 2.05. The molecule has 204 valence electrons. The first-order valence-electron chi connectivity index (χ1n) is 12.7. The summed E-state index contributed by atoms with van der Waals surface area (Å²) in [6.45, 7) is 1.33. The van der Waals surface area contributed by atoms with E-state index in [0.29, 0.717) is 11.3 Å². The molecule has 1 saturated heterocycles. The molecule has 4 atom stereocenters. The normalized spacial score (nSPS) is 18.3. The molecule has 10 heteroatoms. The number of pyridine rings is 1. The van der Waals surface area contributed by atoms with Crippen molar-refractivity contribution < 1.29 is 29.0 Å². The molecule has 3 amide bonds. The first kappa shape index (κ1) is 27.7. The van der Waals surface area contributed by atoms with E-state index in [-0.39, 0.29) is 37.2 Å². The molecule has 9 nitrogen and oxygen atoms in total. The van der Waals surface area contributed by atoms with Crippen LogP contribution in [-0.4, -0.2) is 68.7 Å². The summed E-state index contributed by atoms with van der Waals surface area (Å²) in [6, 6.07) is 16.5. The number of hydrogen-bond donors (Lipinski definition) is 4. The van der Waals surface area contributed by atoms with E-state index >= 15 is 0 Å². The van der Waals surface area contributed by atoms with Crippen molar-refractivity contribution in [3.05, 3.63) is 95.3 Å². The van der Waals surface area contributed by atoms with Crippen LogP contribution in [0.4, 0.5) is 4.39 Å². The Kier molecular flexibility index (Phi) is 8.88. The van der Waals surface area contributed by atoms with Crippen LogP contribution in [0, 0.1) is 6.92 Å². The third-order valence-corrected chi connectivity index (χ3v) is 6.80. The topological polar surface area (TPSA) is 132 Å². The van der Waals surface area contributed by atoms with Gasteiger partial charge in [-0.1, -0.05) is 42.5 Å². The standard InChI is InChI=1S/C29H31FN4O5/c1-18-22(11-7-12-25(18)35)27(37)33-23(14-19-8-3-2-4-9-19)26(36)29(39)34-17-20(30)15-24(34)28(38)32-16-21-10-5-6-13-31-21/h2-13,20,23-24,26,35-36H,14-17H2,1H3,(H,32,38)(H,33,37)/t20-,23+,24+,26+/m1/s1. The number of likely N-dealkylation sites (tertiary alicyclic amines) is 1. The predicted molar refractivity (Wildman–Crippen MR) is 141 cm³/mol. The van der Waals surface area contributed by atoms with E-state index in [1.54, 1.807) is 55.6 Å². The summed E-state index contributed by atoms with van der Waals surface area (Å²) in [5.74, 6) is -2.07. The number of nitrogens with zero attached hydrogens (tertiary/aromatic N) is 2. The van der Waals surface area contributed by atoms with Crippen LogP contribution in [-0.2, 0) is 22.6 Å². The van der Waals surface area contributed by atoms with Crippen LogP contribution in [0.3, 0.4) is 0 Å². The molecule has 1 aromatic heterocycles. The Bertz CT molecular complexity index is 1310. The van der Waals surface area contributed by atoms with Gasteiger partial charge in [-0.15, -0.1) is 0 Å². The van der Waals surface area contributed by atoms with Crippen molar-refractivity contribution in [2.24, 2.45) is 0 Å². The van der Waals surface area contributed by atoms with Crippen molar-refractivity contribution in [3.63, 3.8) is 0 Å². The lowest BCUT2D eigenvalue weighted by atomic mass is 9.98. The summed E-state index contributed by atoms with van der Waals surface area (Å²) in [7, 11) is 0. The van der Waals surface area contributed by atoms with E-state index < -0.39 is 42.1 Å². The lowest BCUT2D eigenvalue weighted by molar-refractivity contribution is -0.146. The third-order valence-electron chi connectivity index (χ3n) is 6.80. The van der Waals surface area contributed by atoms with E-state index in [1.807, 2.05) is 6.07 Å². The second-order valence-corrected chi connectivity index (χ2v) is 9.54. The smallest absolute Gasteiger partial charge is 0.254 e. The Balaban J connectivity index is 1.52. The number of carbonyl (C=O) groups excluding carboxylic acids is 3. The Labute approximate surface area is 225 Å². The Morgan fingerprint density at radius 3 is 2.54 bits per heavy atom. The maximum absolute atomic E-state index is 14.5. The molecule has 1 aliphatic rings. The number of phenols is 1. The quantitative estimate of drug-likeness (QED) is 0.332. The van der Waals surface area contributed by atoms with Gasteiger partial charge in [-0.2, -0.15) is 0 Å². The van der Waals surface area contributed by atoms with Gasteiger partial charge in [0.25, 0.3) is 11.8 Å². The number of alkyl halides is 1. The summed E-state index contributed by atoms with van der Waals surface area (Å²) in [6.07, 6.45) is -1.72. The van der Waals surface area contributed by atoms with Crippen molar-refractivity contribution in [2.75, 3.05) is 6.54 Å². The summed E-state index contributed by atoms with van der Waals surface area (Å²) in [5, 5.41) is 26.6. The number of rotatable bonds is 9. The van der Waals surface area contributed by atoms with Crippen LogP contribution < -0.4 is 10.6 Å². The minimum atomic E-state index is -1.76. The van der Waals surface area contributed by atoms with Crippen LogP contribution in [0.5, 0.6) is 5.75 Å². The summed E-state index contributed by atoms with van der Waals surface area (Å²) < 4.78 is 14.5. The van der Waals surface area contributed by atoms with E-state index in [2.05, 4.69) is 15.6 Å². The van der Waals surface area contributed by atoms with Gasteiger partial charge in [-0.3, -0.25) is 19.4 Å². The van der Waals surface area contributed by atoms with Crippen molar-refractivity contribution >= 4 is 17.7 Å². The van der Waals surface area contributed by atoms with Crippen molar-refractivity contribution in [1.29, 1.82) is 0 Å². The van der Waals surface area contributed by atoms with Crippen LogP contribution in [0.25, 0.3) is 0 Å². The number of aliphatic hydroxyl groups is 1. The zero-order valence-electron chi connectivity index (χ0n) is 21.5. The number of nitrogens with one attached hydrogen (secondary N) is 2. The molecule has 2 heterocycles. The highest BCUT2D eigenvalue weighted by Crippen LogP contribution is 2.24. The molecule has 0 bridgehead atoms. The maximum atomic E-state index is 14.5. The third kappa shape index (κ3) is 6.77. The van der Waals surface area contributed by atoms with Gasteiger partial charge in [0.15, 0.2) is 6.10 Å². The van der Waals surface area contributed by atoms with Crippen molar-refractivity contribution in [1.82, 2.24) is 20.5 Å². The lowest BCUT2D eigenvalue weighted by Gasteiger charge is -2.30. The van der Waals surface area contributed by atoms with E-state index in [4.69, 9.17) is 0 Å². The molecular formula is C29H31FN4O5. The molecule has 0 spiro atoms. The molecule has 3 aromatic rings. The second-order valence-electron chi connectivity index (χ2n) is 9.54. The fourth-order valence-corrected chi connectivity index (χ4v) is 4.64. The van der Waals surface area contributed by atoms with E-state index in [9.17, 15) is 29.0 Å². The molecule has 0 unspecified atom stereocenters. The number of aliphatic hydroxyl groups excluding tert-OH is 1. The largest absolute Gasteiger partial charge is 0.508 e. The fraction of sp³-hybridized carbons (Fsp3) is 0.310. The van der Waals surface area contributed by atoms with Gasteiger partial charge >= 0.3 is 0 Å². The molecule has 0 radical (unpaired) electrons. The Morgan fingerprint density at radius 1 is 1.08 bits per heavy atom. The van der Waals surface area contributed by atoms with Gasteiger partial charge < -0.3 is 25.7 Å². The summed E-state index contributed by atoms with van der Waals surface area (Å²) >= 11 is 0. The zero-order chi connectivity index (χ0) is 27.9. The first-order valence-corrected chi connectivity index (χ1v) is 12.7. The Morgan fingerprint density at radius 2 is 1.82 bits per heavy atom. The van der Waals surface area contributed by atoms with E-state index in [1.165, 1.54) is 18.2 Å². The average Bonchev–Trinajstić information content (AvgIpc) is 3.34. The molecule has 2 aromatic carbocycles. The molecule has 0 aliphatic carbocycles. The first-order chi connectivity index (χ1) is 18.7. The number of benzene rings is 2. The highest BCUT2D eigenvalue weighted by Gasteiger charge is 2.43. The van der Waals surface area contributed by atoms with Crippen LogP contribution >= 0.6 is 0 Å². The number of amides is 3. The lowest BCUT2D eigenvalue weighted by Crippen LogP contribution is -2.55. The van der Waals surface area contributed by atoms with Gasteiger partial charge in [0.05, 0.1) is 24.8 Å². The fourth-order valence-electron chi connectivity index (χ4n) is 4.64. The van der Waals surface area contributed by atoms with Gasteiger partial charge in [-0.25, -0.2) is 4.39 Å². The van der Waals surface area contributed by atoms with Gasteiger partial charge in [0.1, 0.15) is 18.0 Å². The van der Waals surface area contributed by atoms with Crippen molar-refractivity contribution in [3.8, 4) is 5.75 Å². The minimum Gasteiger partial charge on any atom is -0.508 e. The minimum absolute atomic E-state index is 0.0653. The van der Waals surface area contributed by atoms with Gasteiger partial charge in [0.2, 0.25) is 5.91 Å². The summed E-state index contributed by atoms with van der Waals surface area (Å²) in [5.41, 5.74) is 1.88. The van der Waals surface area contributed by atoms with Crippen LogP contribution in [0.2, 0.25) is 0 Å². The SMILES string of the molecule is Cc1c(O)cccc1C(=O)N[C@@H](Cc1ccccc1)[C@H](O)C(=O)N1C[C@H](F)C[C@H]1C(=O)NCc1ccccn1. The summed E-state index contributed by atoms with van der Waals surface area (Å²) in [4.78, 5) is 44.7. The number of carbonyl (C=O) groups is 3. The number of aromatic nitrogens is 1. The monoisotopic (exact) mass is 534 g/mol. The van der Waals surface area contributed by atoms with Crippen LogP contribution in [0.1, 0.15) is 33.6 Å². The van der Waals surface area contributed by atoms with Gasteiger partial charge in [0, 0.05) is 23.7 Å². The molecule has 1 aliphatic heterocycles. The maximum Gasteiger partial charge on any atom is 0.254 e. The second kappa shape index (κ2) is 12.5. The molecule has 1 fully saturated rings. The Hall–Kier alpha value is -4.31. The number of phenolic OH excluding ortho intramolecular Hbond substituents is 1. The molecular weight excluding hydrogens is 503 g/mol. The number of halogens is 1. The zero-order valence-corrected chi connectivity index (χ0v) is 21.5. The highest BCUT2D eigenvalue weighted by atomic mass is 19.1. The van der Waals surface area contributed by atoms with Gasteiger partial charge in [-0.05, 0) is 43.2 Å². The van der Waals surface area contributed by atoms with E-state index in [0.717, 1.165) is 10.5 Å². The van der Waals surface area contributed by atoms with Crippen molar-refractivity contribution in [2.45, 2.75) is 50.7 Å².